The van der Waals surface area contributed by atoms with Gasteiger partial charge in [0.1, 0.15) is 6.10 Å². The molecule has 4 nitrogen and oxygen atoms in total. The summed E-state index contributed by atoms with van der Waals surface area (Å²) in [5, 5.41) is 19.1. The Kier molecular flexibility index (Phi) is 7.82. The van der Waals surface area contributed by atoms with Crippen molar-refractivity contribution < 1.29 is 19.7 Å². The monoisotopic (exact) mass is 260 g/mol. The first-order valence-electron chi connectivity index (χ1n) is 7.28. The highest BCUT2D eigenvalue weighted by Gasteiger charge is 2.34. The average Bonchev–Trinajstić information content (AvgIpc) is 2.34. The first-order chi connectivity index (χ1) is 8.65. The van der Waals surface area contributed by atoms with Gasteiger partial charge in [0.25, 0.3) is 0 Å². The zero-order valence-electron chi connectivity index (χ0n) is 11.7. The Bertz CT molecular complexity index is 198. The molecule has 1 rings (SSSR count). The van der Waals surface area contributed by atoms with Crippen molar-refractivity contribution in [2.75, 3.05) is 6.61 Å². The molecule has 0 aromatic rings. The number of rotatable bonds is 8. The Labute approximate surface area is 110 Å². The molecule has 0 unspecified atom stereocenters. The molecule has 2 N–H and O–H groups in total. The summed E-state index contributed by atoms with van der Waals surface area (Å²) in [5.41, 5.74) is 0. The fraction of sp³-hybridized carbons (Fsp3) is 1.00. The van der Waals surface area contributed by atoms with Crippen LogP contribution >= 0.6 is 0 Å². The molecule has 0 radical (unpaired) electrons. The summed E-state index contributed by atoms with van der Waals surface area (Å²) < 4.78 is 11.1. The van der Waals surface area contributed by atoms with Crippen LogP contribution in [0.15, 0.2) is 0 Å². The highest BCUT2D eigenvalue weighted by molar-refractivity contribution is 4.79. The van der Waals surface area contributed by atoms with Crippen LogP contribution in [-0.2, 0) is 9.47 Å². The summed E-state index contributed by atoms with van der Waals surface area (Å²) in [6.07, 6.45) is 5.49. The molecule has 4 atom stereocenters. The molecule has 1 aliphatic heterocycles. The van der Waals surface area contributed by atoms with E-state index in [0.29, 0.717) is 13.0 Å². The minimum absolute atomic E-state index is 0.358. The van der Waals surface area contributed by atoms with Crippen LogP contribution < -0.4 is 0 Å². The largest absolute Gasteiger partial charge is 0.390 e. The van der Waals surface area contributed by atoms with Crippen molar-refractivity contribution in [2.45, 2.75) is 83.4 Å². The molecule has 0 aromatic heterocycles. The summed E-state index contributed by atoms with van der Waals surface area (Å²) in [5.74, 6) is 0. The van der Waals surface area contributed by atoms with Crippen LogP contribution in [0.25, 0.3) is 0 Å². The Morgan fingerprint density at radius 2 is 1.78 bits per heavy atom. The lowest BCUT2D eigenvalue weighted by atomic mass is 10.0. The van der Waals surface area contributed by atoms with E-state index in [2.05, 4.69) is 6.92 Å². The number of hydrogen-bond donors (Lipinski definition) is 2. The van der Waals surface area contributed by atoms with Crippen LogP contribution in [0.3, 0.4) is 0 Å². The van der Waals surface area contributed by atoms with Crippen molar-refractivity contribution >= 4 is 0 Å². The number of aliphatic hydroxyl groups excluding tert-OH is 2. The van der Waals surface area contributed by atoms with E-state index in [9.17, 15) is 10.2 Å². The minimum atomic E-state index is -0.793. The Hall–Kier alpha value is -0.160. The molecular formula is C14H28O4. The highest BCUT2D eigenvalue weighted by Crippen LogP contribution is 2.21. The second-order valence-corrected chi connectivity index (χ2v) is 5.20. The second kappa shape index (κ2) is 8.86. The lowest BCUT2D eigenvalue weighted by molar-refractivity contribution is -0.246. The predicted molar refractivity (Wildman–Crippen MR) is 70.3 cm³/mol. The topological polar surface area (TPSA) is 58.9 Å². The first kappa shape index (κ1) is 15.9. The van der Waals surface area contributed by atoms with E-state index >= 15 is 0 Å². The van der Waals surface area contributed by atoms with Gasteiger partial charge in [-0.25, -0.2) is 0 Å². The summed E-state index contributed by atoms with van der Waals surface area (Å²) in [6.45, 7) is 4.64. The van der Waals surface area contributed by atoms with Gasteiger partial charge in [-0.1, -0.05) is 39.0 Å². The lowest BCUT2D eigenvalue weighted by Crippen LogP contribution is -2.47. The number of hydrogen-bond acceptors (Lipinski definition) is 4. The molecule has 0 amide bonds. The standard InChI is InChI=1S/C14H28O4/c1-3-4-5-6-7-8-9-17-13-10-12(15)14(16)11(2)18-13/h11-16H,3-10H2,1-2H3/t11-,12+,13-,14-/m0/s1. The van der Waals surface area contributed by atoms with Gasteiger partial charge in [0, 0.05) is 13.0 Å². The third-order valence-corrected chi connectivity index (χ3v) is 3.48. The van der Waals surface area contributed by atoms with Crippen LogP contribution in [0.4, 0.5) is 0 Å². The fourth-order valence-corrected chi connectivity index (χ4v) is 2.23. The maximum Gasteiger partial charge on any atom is 0.160 e. The van der Waals surface area contributed by atoms with Gasteiger partial charge < -0.3 is 19.7 Å². The Balaban J connectivity index is 2.02. The molecular weight excluding hydrogens is 232 g/mol. The van der Waals surface area contributed by atoms with Gasteiger partial charge in [0.2, 0.25) is 0 Å². The SMILES string of the molecule is CCCCCCCCO[C@@H]1C[C@@H](O)[C@@H](O)[C@H](C)O1. The van der Waals surface area contributed by atoms with Crippen LogP contribution in [0.5, 0.6) is 0 Å². The van der Waals surface area contributed by atoms with Gasteiger partial charge in [-0.15, -0.1) is 0 Å². The Morgan fingerprint density at radius 1 is 1.11 bits per heavy atom. The highest BCUT2D eigenvalue weighted by atomic mass is 16.7. The quantitative estimate of drug-likeness (QED) is 0.657. The third kappa shape index (κ3) is 5.65. The maximum atomic E-state index is 9.61. The third-order valence-electron chi connectivity index (χ3n) is 3.48. The smallest absolute Gasteiger partial charge is 0.160 e. The molecule has 1 aliphatic rings. The molecule has 4 heteroatoms. The van der Waals surface area contributed by atoms with Crippen molar-refractivity contribution in [1.82, 2.24) is 0 Å². The van der Waals surface area contributed by atoms with Gasteiger partial charge in [-0.3, -0.25) is 0 Å². The average molecular weight is 260 g/mol. The molecule has 108 valence electrons. The molecule has 0 bridgehead atoms. The molecule has 1 fully saturated rings. The van der Waals surface area contributed by atoms with Crippen LogP contribution in [0, 0.1) is 0 Å². The van der Waals surface area contributed by atoms with E-state index in [4.69, 9.17) is 9.47 Å². The summed E-state index contributed by atoms with van der Waals surface area (Å²) in [4.78, 5) is 0. The van der Waals surface area contributed by atoms with Crippen LogP contribution in [0.1, 0.15) is 58.8 Å². The molecule has 0 aromatic carbocycles. The zero-order valence-corrected chi connectivity index (χ0v) is 11.7. The van der Waals surface area contributed by atoms with Crippen LogP contribution in [0.2, 0.25) is 0 Å². The van der Waals surface area contributed by atoms with Crippen molar-refractivity contribution in [2.24, 2.45) is 0 Å². The first-order valence-corrected chi connectivity index (χ1v) is 7.28. The number of unbranched alkanes of at least 4 members (excludes halogenated alkanes) is 5. The van der Waals surface area contributed by atoms with Gasteiger partial charge in [-0.05, 0) is 13.3 Å². The summed E-state index contributed by atoms with van der Waals surface area (Å²) in [7, 11) is 0. The number of ether oxygens (including phenoxy) is 2. The predicted octanol–water partition coefficient (Wildman–Crippen LogP) is 2.22. The Morgan fingerprint density at radius 3 is 2.44 bits per heavy atom. The van der Waals surface area contributed by atoms with Gasteiger partial charge >= 0.3 is 0 Å². The molecule has 0 saturated carbocycles. The van der Waals surface area contributed by atoms with E-state index in [-0.39, 0.29) is 12.4 Å². The zero-order chi connectivity index (χ0) is 13.4. The molecule has 0 spiro atoms. The molecule has 1 saturated heterocycles. The van der Waals surface area contributed by atoms with Gasteiger partial charge in [0.15, 0.2) is 6.29 Å². The number of aliphatic hydroxyl groups is 2. The molecule has 1 heterocycles. The lowest BCUT2D eigenvalue weighted by Gasteiger charge is -2.35. The minimum Gasteiger partial charge on any atom is -0.390 e. The summed E-state index contributed by atoms with van der Waals surface area (Å²) in [6, 6.07) is 0. The van der Waals surface area contributed by atoms with Crippen molar-refractivity contribution in [3.63, 3.8) is 0 Å². The maximum absolute atomic E-state index is 9.61. The van der Waals surface area contributed by atoms with Crippen molar-refractivity contribution in [1.29, 1.82) is 0 Å². The van der Waals surface area contributed by atoms with Crippen LogP contribution in [-0.4, -0.2) is 41.4 Å². The van der Waals surface area contributed by atoms with E-state index in [1.54, 1.807) is 6.92 Å². The normalized spacial score (nSPS) is 32.7. The van der Waals surface area contributed by atoms with Gasteiger partial charge in [-0.2, -0.15) is 0 Å². The van der Waals surface area contributed by atoms with E-state index in [0.717, 1.165) is 6.42 Å². The fourth-order valence-electron chi connectivity index (χ4n) is 2.23. The van der Waals surface area contributed by atoms with Crippen molar-refractivity contribution in [3.8, 4) is 0 Å². The van der Waals surface area contributed by atoms with Gasteiger partial charge in [0.05, 0.1) is 12.2 Å². The summed E-state index contributed by atoms with van der Waals surface area (Å²) >= 11 is 0. The second-order valence-electron chi connectivity index (χ2n) is 5.20. The molecule has 18 heavy (non-hydrogen) atoms. The van der Waals surface area contributed by atoms with E-state index < -0.39 is 12.2 Å². The van der Waals surface area contributed by atoms with E-state index in [1.165, 1.54) is 32.1 Å². The van der Waals surface area contributed by atoms with E-state index in [1.807, 2.05) is 0 Å². The van der Waals surface area contributed by atoms with Crippen molar-refractivity contribution in [3.05, 3.63) is 0 Å². The molecule has 0 aliphatic carbocycles.